The zero-order chi connectivity index (χ0) is 19.8. The highest BCUT2D eigenvalue weighted by Gasteiger charge is 2.42. The van der Waals surface area contributed by atoms with Crippen LogP contribution in [0.2, 0.25) is 0 Å². The Balaban J connectivity index is 1.25. The van der Waals surface area contributed by atoms with Crippen LogP contribution in [0.5, 0.6) is 0 Å². The molecule has 4 atom stereocenters. The number of hydrogen-bond donors (Lipinski definition) is 1. The van der Waals surface area contributed by atoms with Crippen LogP contribution in [0.15, 0.2) is 47.9 Å². The Morgan fingerprint density at radius 3 is 2.86 bits per heavy atom. The summed E-state index contributed by atoms with van der Waals surface area (Å²) in [7, 11) is 0. The van der Waals surface area contributed by atoms with Crippen molar-refractivity contribution in [1.29, 1.82) is 0 Å². The van der Waals surface area contributed by atoms with Gasteiger partial charge in [-0.3, -0.25) is 4.79 Å². The number of nitrogens with one attached hydrogen (secondary N) is 1. The van der Waals surface area contributed by atoms with E-state index < -0.39 is 0 Å². The van der Waals surface area contributed by atoms with Crippen molar-refractivity contribution in [3.05, 3.63) is 42.9 Å². The first-order valence-corrected chi connectivity index (χ1v) is 11.3. The molecule has 4 unspecified atom stereocenters. The van der Waals surface area contributed by atoms with Gasteiger partial charge in [-0.2, -0.15) is 5.10 Å². The number of carbonyl (C=O) groups excluding carboxylic acids is 1. The van der Waals surface area contributed by atoms with Crippen LogP contribution in [0.4, 0.5) is 0 Å². The summed E-state index contributed by atoms with van der Waals surface area (Å²) < 4.78 is 1.80. The molecule has 6 nitrogen and oxygen atoms in total. The molecular weight excluding hydrogens is 382 g/mol. The zero-order valence-electron chi connectivity index (χ0n) is 16.5. The van der Waals surface area contributed by atoms with Gasteiger partial charge in [0.25, 0.3) is 0 Å². The van der Waals surface area contributed by atoms with Gasteiger partial charge in [0.2, 0.25) is 5.91 Å². The van der Waals surface area contributed by atoms with E-state index in [1.165, 1.54) is 37.4 Å². The number of hydrogen-bond acceptors (Lipinski definition) is 5. The van der Waals surface area contributed by atoms with E-state index in [1.54, 1.807) is 17.2 Å². The molecule has 0 radical (unpaired) electrons. The van der Waals surface area contributed by atoms with Crippen LogP contribution in [0.25, 0.3) is 16.7 Å². The van der Waals surface area contributed by atoms with Crippen LogP contribution in [-0.2, 0) is 4.79 Å². The second-order valence-corrected chi connectivity index (χ2v) is 9.26. The highest BCUT2D eigenvalue weighted by molar-refractivity contribution is 8.00. The third-order valence-corrected chi connectivity index (χ3v) is 7.50. The summed E-state index contributed by atoms with van der Waals surface area (Å²) in [6.07, 6.45) is 8.70. The second-order valence-electron chi connectivity index (χ2n) is 8.29. The molecule has 29 heavy (non-hydrogen) atoms. The maximum absolute atomic E-state index is 12.6. The van der Waals surface area contributed by atoms with Gasteiger partial charge in [-0.05, 0) is 56.1 Å². The standard InChI is InChI=1S/C22H25N5OS/c1-14(18-10-15-7-8-16(18)9-15)26-20(28)12-29-22-19-11-25-27(21(19)23-13-24-22)17-5-3-2-4-6-17/h2-6,11,13-16,18H,7-10,12H2,1H3,(H,26,28). The van der Waals surface area contributed by atoms with Crippen molar-refractivity contribution in [2.45, 2.75) is 43.7 Å². The summed E-state index contributed by atoms with van der Waals surface area (Å²) in [5.41, 5.74) is 1.71. The van der Waals surface area contributed by atoms with E-state index in [0.717, 1.165) is 33.6 Å². The fourth-order valence-electron chi connectivity index (χ4n) is 5.14. The Morgan fingerprint density at radius 1 is 1.24 bits per heavy atom. The molecular formula is C22H25N5OS. The van der Waals surface area contributed by atoms with Gasteiger partial charge >= 0.3 is 0 Å². The third-order valence-electron chi connectivity index (χ3n) is 6.49. The number of rotatable bonds is 6. The Kier molecular flexibility index (Phi) is 4.99. The van der Waals surface area contributed by atoms with E-state index in [-0.39, 0.29) is 11.9 Å². The Hall–Kier alpha value is -2.41. The molecule has 7 heteroatoms. The van der Waals surface area contributed by atoms with Crippen LogP contribution >= 0.6 is 11.8 Å². The molecule has 2 bridgehead atoms. The first kappa shape index (κ1) is 18.6. The molecule has 2 heterocycles. The van der Waals surface area contributed by atoms with E-state index in [2.05, 4.69) is 27.3 Å². The predicted molar refractivity (Wildman–Crippen MR) is 114 cm³/mol. The Bertz CT molecular complexity index is 1020. The average Bonchev–Trinajstić information content (AvgIpc) is 3.48. The van der Waals surface area contributed by atoms with Gasteiger partial charge in [0.15, 0.2) is 5.65 Å². The summed E-state index contributed by atoms with van der Waals surface area (Å²) in [5, 5.41) is 9.37. The van der Waals surface area contributed by atoms with Crippen LogP contribution in [0, 0.1) is 17.8 Å². The monoisotopic (exact) mass is 407 g/mol. The number of para-hydroxylation sites is 1. The van der Waals surface area contributed by atoms with Gasteiger partial charge in [0.05, 0.1) is 23.0 Å². The predicted octanol–water partition coefficient (Wildman–Crippen LogP) is 3.85. The number of amides is 1. The fraction of sp³-hybridized carbons (Fsp3) is 0.455. The van der Waals surface area contributed by atoms with E-state index in [4.69, 9.17) is 0 Å². The lowest BCUT2D eigenvalue weighted by Crippen LogP contribution is -2.40. The molecule has 0 spiro atoms. The average molecular weight is 408 g/mol. The van der Waals surface area contributed by atoms with Gasteiger partial charge in [-0.25, -0.2) is 14.6 Å². The lowest BCUT2D eigenvalue weighted by molar-refractivity contribution is -0.119. The van der Waals surface area contributed by atoms with Crippen LogP contribution in [0.3, 0.4) is 0 Å². The topological polar surface area (TPSA) is 72.7 Å². The number of thioether (sulfide) groups is 1. The number of benzene rings is 1. The summed E-state index contributed by atoms with van der Waals surface area (Å²) in [6, 6.07) is 10.2. The molecule has 2 aromatic heterocycles. The molecule has 0 saturated heterocycles. The minimum atomic E-state index is 0.0764. The van der Waals surface area contributed by atoms with Crippen molar-refractivity contribution in [3.8, 4) is 5.69 Å². The van der Waals surface area contributed by atoms with E-state index in [1.807, 2.05) is 30.3 Å². The van der Waals surface area contributed by atoms with Crippen LogP contribution < -0.4 is 5.32 Å². The first-order chi connectivity index (χ1) is 14.2. The normalized spacial score (nSPS) is 24.1. The third kappa shape index (κ3) is 3.64. The summed E-state index contributed by atoms with van der Waals surface area (Å²) >= 11 is 1.45. The summed E-state index contributed by atoms with van der Waals surface area (Å²) in [6.45, 7) is 2.17. The molecule has 5 rings (SSSR count). The second kappa shape index (κ2) is 7.78. The molecule has 2 fully saturated rings. The maximum atomic E-state index is 12.6. The molecule has 1 amide bonds. The zero-order valence-corrected chi connectivity index (χ0v) is 17.3. The summed E-state index contributed by atoms with van der Waals surface area (Å²) in [4.78, 5) is 21.4. The van der Waals surface area contributed by atoms with Crippen molar-refractivity contribution in [2.75, 3.05) is 5.75 Å². The highest BCUT2D eigenvalue weighted by atomic mass is 32.2. The van der Waals surface area contributed by atoms with Gasteiger partial charge in [0.1, 0.15) is 11.4 Å². The lowest BCUT2D eigenvalue weighted by atomic mass is 9.84. The maximum Gasteiger partial charge on any atom is 0.230 e. The molecule has 2 saturated carbocycles. The number of fused-ring (bicyclic) bond motifs is 3. The molecule has 0 aliphatic heterocycles. The van der Waals surface area contributed by atoms with Gasteiger partial charge in [0, 0.05) is 6.04 Å². The molecule has 150 valence electrons. The number of carbonyl (C=O) groups is 1. The Morgan fingerprint density at radius 2 is 2.10 bits per heavy atom. The quantitative estimate of drug-likeness (QED) is 0.496. The SMILES string of the molecule is CC(NC(=O)CSc1ncnc2c1cnn2-c1ccccc1)C1CC2CCC1C2. The van der Waals surface area contributed by atoms with E-state index in [0.29, 0.717) is 11.7 Å². The van der Waals surface area contributed by atoms with Gasteiger partial charge < -0.3 is 5.32 Å². The molecule has 2 aliphatic carbocycles. The lowest BCUT2D eigenvalue weighted by Gasteiger charge is -2.28. The van der Waals surface area contributed by atoms with E-state index >= 15 is 0 Å². The first-order valence-electron chi connectivity index (χ1n) is 10.4. The van der Waals surface area contributed by atoms with Crippen LogP contribution in [0.1, 0.15) is 32.6 Å². The van der Waals surface area contributed by atoms with Gasteiger partial charge in [-0.1, -0.05) is 36.4 Å². The minimum Gasteiger partial charge on any atom is -0.353 e. The summed E-state index contributed by atoms with van der Waals surface area (Å²) in [5.74, 6) is 2.79. The fourth-order valence-corrected chi connectivity index (χ4v) is 5.91. The largest absolute Gasteiger partial charge is 0.353 e. The van der Waals surface area contributed by atoms with Crippen molar-refractivity contribution in [2.24, 2.45) is 17.8 Å². The molecule has 1 aromatic carbocycles. The van der Waals surface area contributed by atoms with Gasteiger partial charge in [-0.15, -0.1) is 0 Å². The van der Waals surface area contributed by atoms with Crippen molar-refractivity contribution in [1.82, 2.24) is 25.1 Å². The highest BCUT2D eigenvalue weighted by Crippen LogP contribution is 2.49. The smallest absolute Gasteiger partial charge is 0.230 e. The van der Waals surface area contributed by atoms with Crippen LogP contribution in [-0.4, -0.2) is 37.5 Å². The van der Waals surface area contributed by atoms with Crippen molar-refractivity contribution >= 4 is 28.7 Å². The molecule has 2 aliphatic rings. The number of nitrogens with zero attached hydrogens (tertiary/aromatic N) is 4. The molecule has 1 N–H and O–H groups in total. The Labute approximate surface area is 174 Å². The van der Waals surface area contributed by atoms with E-state index in [9.17, 15) is 4.79 Å². The minimum absolute atomic E-state index is 0.0764. The number of aromatic nitrogens is 4. The van der Waals surface area contributed by atoms with Crippen molar-refractivity contribution in [3.63, 3.8) is 0 Å². The molecule has 3 aromatic rings. The van der Waals surface area contributed by atoms with Crippen molar-refractivity contribution < 1.29 is 4.79 Å².